The summed E-state index contributed by atoms with van der Waals surface area (Å²) < 4.78 is 58.4. The summed E-state index contributed by atoms with van der Waals surface area (Å²) in [5.74, 6) is -3.28. The third-order valence-corrected chi connectivity index (χ3v) is 7.69. The lowest BCUT2D eigenvalue weighted by Gasteiger charge is -2.34. The van der Waals surface area contributed by atoms with Crippen molar-refractivity contribution < 1.29 is 26.7 Å². The van der Waals surface area contributed by atoms with Gasteiger partial charge in [0.05, 0.1) is 32.7 Å². The molecule has 168 valence electrons. The molecule has 2 aromatic rings. The van der Waals surface area contributed by atoms with E-state index in [4.69, 9.17) is 16.3 Å². The highest BCUT2D eigenvalue weighted by molar-refractivity contribution is 7.99. The highest BCUT2D eigenvalue weighted by Gasteiger charge is 2.32. The van der Waals surface area contributed by atoms with E-state index in [0.717, 1.165) is 0 Å². The van der Waals surface area contributed by atoms with Crippen molar-refractivity contribution in [3.8, 4) is 0 Å². The van der Waals surface area contributed by atoms with Gasteiger partial charge < -0.3 is 10.1 Å². The third-order valence-electron chi connectivity index (χ3n) is 4.56. The Bertz CT molecular complexity index is 1040. The minimum Gasteiger partial charge on any atom is -0.373 e. The Morgan fingerprint density at radius 3 is 2.35 bits per heavy atom. The highest BCUT2D eigenvalue weighted by atomic mass is 35.5. The Hall–Kier alpha value is -1.72. The first-order chi connectivity index (χ1) is 14.6. The van der Waals surface area contributed by atoms with E-state index >= 15 is 0 Å². The molecule has 1 saturated heterocycles. The van der Waals surface area contributed by atoms with Crippen LogP contribution in [0.15, 0.2) is 52.3 Å². The van der Waals surface area contributed by atoms with Crippen molar-refractivity contribution in [1.29, 1.82) is 0 Å². The van der Waals surface area contributed by atoms with Crippen LogP contribution >= 0.6 is 23.4 Å². The van der Waals surface area contributed by atoms with Crippen molar-refractivity contribution in [2.45, 2.75) is 41.6 Å². The van der Waals surface area contributed by atoms with Gasteiger partial charge in [-0.3, -0.25) is 4.79 Å². The van der Waals surface area contributed by atoms with Gasteiger partial charge in [0.2, 0.25) is 10.0 Å². The van der Waals surface area contributed by atoms with Crippen molar-refractivity contribution in [2.24, 2.45) is 0 Å². The summed E-state index contributed by atoms with van der Waals surface area (Å²) in [4.78, 5) is 12.7. The molecule has 0 aliphatic carbocycles. The number of nitrogens with one attached hydrogen (secondary N) is 1. The molecule has 2 aromatic carbocycles. The van der Waals surface area contributed by atoms with E-state index in [0.29, 0.717) is 0 Å². The number of rotatable bonds is 6. The van der Waals surface area contributed by atoms with E-state index in [2.05, 4.69) is 5.32 Å². The number of sulfonamides is 1. The van der Waals surface area contributed by atoms with Crippen LogP contribution in [-0.4, -0.2) is 49.7 Å². The lowest BCUT2D eigenvalue weighted by Crippen LogP contribution is -2.48. The number of benzene rings is 2. The maximum absolute atomic E-state index is 12.9. The van der Waals surface area contributed by atoms with Crippen molar-refractivity contribution in [3.63, 3.8) is 0 Å². The monoisotopic (exact) mass is 490 g/mol. The van der Waals surface area contributed by atoms with Crippen LogP contribution < -0.4 is 5.32 Å². The topological polar surface area (TPSA) is 75.7 Å². The van der Waals surface area contributed by atoms with Crippen molar-refractivity contribution >= 4 is 45.0 Å². The molecule has 11 heteroatoms. The standard InChI is InChI=1S/C20H21ClF2N2O4S2/c1-12-10-25(11-13(2)29-12)31(27,28)15-8-6-14(7-9-15)19(26)24-17-5-3-4-16(21)18(17)30-20(22)23/h3-9,12-13,20H,10-11H2,1-2H3,(H,24,26). The highest BCUT2D eigenvalue weighted by Crippen LogP contribution is 2.37. The number of alkyl halides is 2. The third kappa shape index (κ3) is 5.75. The molecule has 0 spiro atoms. The minimum absolute atomic E-state index is 0.0575. The van der Waals surface area contributed by atoms with Crippen LogP contribution in [0, 0.1) is 0 Å². The molecule has 6 nitrogen and oxygen atoms in total. The van der Waals surface area contributed by atoms with Gasteiger partial charge in [-0.25, -0.2) is 8.42 Å². The zero-order chi connectivity index (χ0) is 22.8. The zero-order valence-corrected chi connectivity index (χ0v) is 19.1. The normalized spacial score (nSPS) is 20.1. The first kappa shape index (κ1) is 23.9. The van der Waals surface area contributed by atoms with E-state index in [1.165, 1.54) is 46.8 Å². The van der Waals surface area contributed by atoms with E-state index in [-0.39, 0.29) is 63.1 Å². The van der Waals surface area contributed by atoms with Crippen LogP contribution in [0.5, 0.6) is 0 Å². The number of nitrogens with zero attached hydrogens (tertiary/aromatic N) is 1. The summed E-state index contributed by atoms with van der Waals surface area (Å²) in [5, 5.41) is 2.65. The summed E-state index contributed by atoms with van der Waals surface area (Å²) in [6, 6.07) is 9.90. The summed E-state index contributed by atoms with van der Waals surface area (Å²) >= 11 is 6.22. The molecule has 1 aliphatic heterocycles. The van der Waals surface area contributed by atoms with E-state index in [1.54, 1.807) is 0 Å². The molecule has 0 radical (unpaired) electrons. The van der Waals surface area contributed by atoms with Gasteiger partial charge in [0.25, 0.3) is 11.7 Å². The van der Waals surface area contributed by atoms with Gasteiger partial charge in [-0.1, -0.05) is 29.4 Å². The minimum atomic E-state index is -3.74. The second kappa shape index (κ2) is 9.83. The Balaban J connectivity index is 1.78. The van der Waals surface area contributed by atoms with E-state index < -0.39 is 21.7 Å². The average molecular weight is 491 g/mol. The largest absolute Gasteiger partial charge is 0.373 e. The quantitative estimate of drug-likeness (QED) is 0.594. The molecule has 1 fully saturated rings. The number of carbonyl (C=O) groups is 1. The van der Waals surface area contributed by atoms with Crippen LogP contribution in [0.4, 0.5) is 14.5 Å². The van der Waals surface area contributed by atoms with E-state index in [1.807, 2.05) is 13.8 Å². The molecule has 1 heterocycles. The lowest BCUT2D eigenvalue weighted by molar-refractivity contribution is -0.0440. The zero-order valence-electron chi connectivity index (χ0n) is 16.7. The van der Waals surface area contributed by atoms with Crippen LogP contribution in [0.1, 0.15) is 24.2 Å². The van der Waals surface area contributed by atoms with Crippen LogP contribution in [0.2, 0.25) is 5.02 Å². The Morgan fingerprint density at radius 1 is 1.16 bits per heavy atom. The molecule has 2 atom stereocenters. The molecule has 2 unspecified atom stereocenters. The SMILES string of the molecule is CC1CN(S(=O)(=O)c2ccc(C(=O)Nc3cccc(Cl)c3SC(F)F)cc2)CC(C)O1. The summed E-state index contributed by atoms with van der Waals surface area (Å²) in [7, 11) is -3.74. The smallest absolute Gasteiger partial charge is 0.289 e. The van der Waals surface area contributed by atoms with Crippen molar-refractivity contribution in [3.05, 3.63) is 53.1 Å². The van der Waals surface area contributed by atoms with Gasteiger partial charge in [0.15, 0.2) is 0 Å². The summed E-state index contributed by atoms with van der Waals surface area (Å²) in [6.07, 6.45) is -0.442. The van der Waals surface area contributed by atoms with Crippen molar-refractivity contribution in [2.75, 3.05) is 18.4 Å². The predicted molar refractivity (Wildman–Crippen MR) is 116 cm³/mol. The second-order valence-electron chi connectivity index (χ2n) is 7.05. The van der Waals surface area contributed by atoms with Gasteiger partial charge in [-0.15, -0.1) is 0 Å². The maximum atomic E-state index is 12.9. The van der Waals surface area contributed by atoms with Gasteiger partial charge in [-0.2, -0.15) is 13.1 Å². The first-order valence-electron chi connectivity index (χ1n) is 9.38. The Morgan fingerprint density at radius 2 is 1.77 bits per heavy atom. The lowest BCUT2D eigenvalue weighted by atomic mass is 10.2. The number of hydrogen-bond acceptors (Lipinski definition) is 5. The molecule has 1 N–H and O–H groups in total. The molecule has 3 rings (SSSR count). The maximum Gasteiger partial charge on any atom is 0.289 e. The molecular formula is C20H21ClF2N2O4S2. The molecule has 31 heavy (non-hydrogen) atoms. The predicted octanol–water partition coefficient (Wildman–Crippen LogP) is 4.70. The molecule has 0 aromatic heterocycles. The van der Waals surface area contributed by atoms with Gasteiger partial charge in [0.1, 0.15) is 0 Å². The number of hydrogen-bond donors (Lipinski definition) is 1. The number of thioether (sulfide) groups is 1. The van der Waals surface area contributed by atoms with Crippen molar-refractivity contribution in [1.82, 2.24) is 4.31 Å². The number of halogens is 3. The van der Waals surface area contributed by atoms with Gasteiger partial charge in [-0.05, 0) is 50.2 Å². The summed E-state index contributed by atoms with van der Waals surface area (Å²) in [5.41, 5.74) is 0.325. The van der Waals surface area contributed by atoms with Crippen LogP contribution in [0.25, 0.3) is 0 Å². The fourth-order valence-electron chi connectivity index (χ4n) is 3.26. The second-order valence-corrected chi connectivity index (χ2v) is 10.4. The molecule has 0 saturated carbocycles. The molecule has 1 aliphatic rings. The van der Waals surface area contributed by atoms with Crippen LogP contribution in [0.3, 0.4) is 0 Å². The fourth-order valence-corrected chi connectivity index (χ4v) is 5.77. The van der Waals surface area contributed by atoms with Crippen LogP contribution in [-0.2, 0) is 14.8 Å². The number of carbonyl (C=O) groups excluding carboxylic acids is 1. The number of anilines is 1. The fraction of sp³-hybridized carbons (Fsp3) is 0.350. The Labute approximate surface area is 189 Å². The summed E-state index contributed by atoms with van der Waals surface area (Å²) in [6.45, 7) is 4.10. The first-order valence-corrected chi connectivity index (χ1v) is 12.1. The number of morpholine rings is 1. The molecular weight excluding hydrogens is 470 g/mol. The van der Waals surface area contributed by atoms with Gasteiger partial charge in [0, 0.05) is 18.7 Å². The van der Waals surface area contributed by atoms with E-state index in [9.17, 15) is 22.0 Å². The number of amides is 1. The average Bonchev–Trinajstić information content (AvgIpc) is 2.69. The van der Waals surface area contributed by atoms with Gasteiger partial charge >= 0.3 is 0 Å². The molecule has 1 amide bonds. The number of ether oxygens (including phenoxy) is 1. The molecule has 0 bridgehead atoms. The Kier molecular flexibility index (Phi) is 7.59.